The summed E-state index contributed by atoms with van der Waals surface area (Å²) in [7, 11) is 0. The van der Waals surface area contributed by atoms with Gasteiger partial charge in [0, 0.05) is 35.7 Å². The summed E-state index contributed by atoms with van der Waals surface area (Å²) in [6.45, 7) is 1.26. The second kappa shape index (κ2) is 7.23. The van der Waals surface area contributed by atoms with Crippen LogP contribution >= 0.6 is 11.6 Å². The minimum atomic E-state index is -0.884. The van der Waals surface area contributed by atoms with E-state index in [0.29, 0.717) is 36.8 Å². The molecule has 3 rings (SSSR count). The third-order valence-corrected chi connectivity index (χ3v) is 4.70. The standard InChI is InChI=1S/C17H19ClN2O4/c18-12-2-1-11-7-15(20-14(11)8-12)16(21)19-9-13(17(22)23)10-3-5-24-6-4-10/h1-2,7-8,10,13,20H,3-6,9H2,(H,19,21)(H,22,23). The molecule has 0 aliphatic carbocycles. The molecule has 1 aromatic heterocycles. The van der Waals surface area contributed by atoms with E-state index < -0.39 is 11.9 Å². The number of fused-ring (bicyclic) bond motifs is 1. The molecule has 1 saturated heterocycles. The number of H-pyrrole nitrogens is 1. The summed E-state index contributed by atoms with van der Waals surface area (Å²) in [6.07, 6.45) is 1.41. The quantitative estimate of drug-likeness (QED) is 0.773. The Morgan fingerprint density at radius 2 is 2.08 bits per heavy atom. The summed E-state index contributed by atoms with van der Waals surface area (Å²) >= 11 is 5.94. The van der Waals surface area contributed by atoms with E-state index >= 15 is 0 Å². The predicted octanol–water partition coefficient (Wildman–Crippen LogP) is 2.68. The number of carbonyl (C=O) groups excluding carboxylic acids is 1. The van der Waals surface area contributed by atoms with E-state index in [9.17, 15) is 14.7 Å². The molecule has 1 atom stereocenters. The van der Waals surface area contributed by atoms with E-state index in [1.54, 1.807) is 18.2 Å². The Labute approximate surface area is 144 Å². The topological polar surface area (TPSA) is 91.4 Å². The summed E-state index contributed by atoms with van der Waals surface area (Å²) in [5.74, 6) is -1.78. The maximum atomic E-state index is 12.3. The summed E-state index contributed by atoms with van der Waals surface area (Å²) in [5, 5.41) is 13.6. The molecule has 1 aliphatic heterocycles. The number of nitrogens with one attached hydrogen (secondary N) is 2. The lowest BCUT2D eigenvalue weighted by atomic mass is 9.86. The van der Waals surface area contributed by atoms with Crippen LogP contribution in [-0.2, 0) is 9.53 Å². The van der Waals surface area contributed by atoms with Crippen LogP contribution in [0.5, 0.6) is 0 Å². The highest BCUT2D eigenvalue weighted by Crippen LogP contribution is 2.24. The zero-order valence-corrected chi connectivity index (χ0v) is 13.8. The number of aliphatic carboxylic acids is 1. The summed E-state index contributed by atoms with van der Waals surface area (Å²) in [4.78, 5) is 26.8. The third-order valence-electron chi connectivity index (χ3n) is 4.46. The van der Waals surface area contributed by atoms with Crippen molar-refractivity contribution < 1.29 is 19.4 Å². The van der Waals surface area contributed by atoms with Crippen LogP contribution in [0.2, 0.25) is 5.02 Å². The minimum absolute atomic E-state index is 0.0260. The smallest absolute Gasteiger partial charge is 0.308 e. The van der Waals surface area contributed by atoms with Gasteiger partial charge in [0.15, 0.2) is 0 Å². The van der Waals surface area contributed by atoms with Gasteiger partial charge in [0.05, 0.1) is 5.92 Å². The molecule has 1 aliphatic rings. The molecule has 0 spiro atoms. The molecule has 1 fully saturated rings. The van der Waals surface area contributed by atoms with Crippen LogP contribution in [0, 0.1) is 11.8 Å². The molecule has 128 valence electrons. The number of aromatic amines is 1. The van der Waals surface area contributed by atoms with Crippen LogP contribution in [0.3, 0.4) is 0 Å². The van der Waals surface area contributed by atoms with Crippen molar-refractivity contribution >= 4 is 34.4 Å². The van der Waals surface area contributed by atoms with E-state index in [1.165, 1.54) is 0 Å². The molecule has 0 bridgehead atoms. The Kier molecular flexibility index (Phi) is 5.06. The van der Waals surface area contributed by atoms with Crippen molar-refractivity contribution in [3.8, 4) is 0 Å². The number of hydrogen-bond acceptors (Lipinski definition) is 3. The number of amides is 1. The second-order valence-corrected chi connectivity index (χ2v) is 6.46. The van der Waals surface area contributed by atoms with Crippen molar-refractivity contribution in [3.63, 3.8) is 0 Å². The molecule has 1 aromatic carbocycles. The third kappa shape index (κ3) is 3.71. The van der Waals surface area contributed by atoms with Gasteiger partial charge in [-0.05, 0) is 37.0 Å². The van der Waals surface area contributed by atoms with Crippen LogP contribution < -0.4 is 5.32 Å². The summed E-state index contributed by atoms with van der Waals surface area (Å²) < 4.78 is 5.27. The number of halogens is 1. The molecule has 3 N–H and O–H groups in total. The number of ether oxygens (including phenoxy) is 1. The van der Waals surface area contributed by atoms with Crippen LogP contribution in [0.25, 0.3) is 10.9 Å². The molecule has 6 nitrogen and oxygen atoms in total. The number of benzene rings is 1. The van der Waals surface area contributed by atoms with Gasteiger partial charge in [-0.15, -0.1) is 0 Å². The first-order chi connectivity index (χ1) is 11.5. The van der Waals surface area contributed by atoms with Gasteiger partial charge in [0.25, 0.3) is 5.91 Å². The van der Waals surface area contributed by atoms with Crippen molar-refractivity contribution in [1.82, 2.24) is 10.3 Å². The van der Waals surface area contributed by atoms with Crippen molar-refractivity contribution in [2.24, 2.45) is 11.8 Å². The highest BCUT2D eigenvalue weighted by atomic mass is 35.5. The zero-order valence-electron chi connectivity index (χ0n) is 13.0. The van der Waals surface area contributed by atoms with Crippen molar-refractivity contribution in [2.75, 3.05) is 19.8 Å². The molecular weight excluding hydrogens is 332 g/mol. The fraction of sp³-hybridized carbons (Fsp3) is 0.412. The zero-order chi connectivity index (χ0) is 17.1. The highest BCUT2D eigenvalue weighted by molar-refractivity contribution is 6.31. The molecule has 1 amide bonds. The van der Waals surface area contributed by atoms with Crippen LogP contribution in [0.4, 0.5) is 0 Å². The predicted molar refractivity (Wildman–Crippen MR) is 90.3 cm³/mol. The first kappa shape index (κ1) is 16.8. The Morgan fingerprint density at radius 1 is 1.33 bits per heavy atom. The highest BCUT2D eigenvalue weighted by Gasteiger charge is 2.30. The van der Waals surface area contributed by atoms with Crippen molar-refractivity contribution in [2.45, 2.75) is 12.8 Å². The van der Waals surface area contributed by atoms with Gasteiger partial charge in [-0.25, -0.2) is 0 Å². The lowest BCUT2D eigenvalue weighted by Crippen LogP contribution is -2.39. The van der Waals surface area contributed by atoms with Crippen LogP contribution in [0.1, 0.15) is 23.3 Å². The average molecular weight is 351 g/mol. The second-order valence-electron chi connectivity index (χ2n) is 6.02. The van der Waals surface area contributed by atoms with Crippen LogP contribution in [-0.4, -0.2) is 41.7 Å². The monoisotopic (exact) mass is 350 g/mol. The number of carboxylic acids is 1. The first-order valence-corrected chi connectivity index (χ1v) is 8.29. The lowest BCUT2D eigenvalue weighted by Gasteiger charge is -2.27. The first-order valence-electron chi connectivity index (χ1n) is 7.91. The maximum absolute atomic E-state index is 12.3. The fourth-order valence-corrected chi connectivity index (χ4v) is 3.27. The average Bonchev–Trinajstić information content (AvgIpc) is 2.98. The number of carbonyl (C=O) groups is 2. The van der Waals surface area contributed by atoms with E-state index in [1.807, 2.05) is 6.07 Å². The summed E-state index contributed by atoms with van der Waals surface area (Å²) in [6, 6.07) is 7.05. The SMILES string of the molecule is O=C(NCC(C(=O)O)C1CCOCC1)c1cc2ccc(Cl)cc2[nH]1. The van der Waals surface area contributed by atoms with Gasteiger partial charge in [0.2, 0.25) is 0 Å². The Balaban J connectivity index is 1.67. The van der Waals surface area contributed by atoms with Crippen LogP contribution in [0.15, 0.2) is 24.3 Å². The van der Waals surface area contributed by atoms with Gasteiger partial charge in [-0.2, -0.15) is 0 Å². The van der Waals surface area contributed by atoms with E-state index in [-0.39, 0.29) is 18.4 Å². The normalized spacial score (nSPS) is 16.9. The molecule has 24 heavy (non-hydrogen) atoms. The van der Waals surface area contributed by atoms with Gasteiger partial charge in [-0.3, -0.25) is 9.59 Å². The van der Waals surface area contributed by atoms with Gasteiger partial charge in [-0.1, -0.05) is 17.7 Å². The molecule has 2 heterocycles. The van der Waals surface area contributed by atoms with Crippen molar-refractivity contribution in [1.29, 1.82) is 0 Å². The molecule has 0 radical (unpaired) electrons. The largest absolute Gasteiger partial charge is 0.481 e. The van der Waals surface area contributed by atoms with E-state index in [2.05, 4.69) is 10.3 Å². The molecular formula is C17H19ClN2O4. The number of carboxylic acid groups (broad SMARTS) is 1. The fourth-order valence-electron chi connectivity index (χ4n) is 3.09. The Morgan fingerprint density at radius 3 is 2.79 bits per heavy atom. The summed E-state index contributed by atoms with van der Waals surface area (Å²) in [5.41, 5.74) is 1.16. The Hall–Kier alpha value is -2.05. The molecule has 2 aromatic rings. The van der Waals surface area contributed by atoms with E-state index in [4.69, 9.17) is 16.3 Å². The van der Waals surface area contributed by atoms with Gasteiger partial charge < -0.3 is 20.1 Å². The Bertz CT molecular complexity index is 752. The van der Waals surface area contributed by atoms with Crippen molar-refractivity contribution in [3.05, 3.63) is 35.0 Å². The number of rotatable bonds is 5. The van der Waals surface area contributed by atoms with Gasteiger partial charge in [0.1, 0.15) is 5.69 Å². The van der Waals surface area contributed by atoms with E-state index in [0.717, 1.165) is 10.9 Å². The number of hydrogen-bond donors (Lipinski definition) is 3. The lowest BCUT2D eigenvalue weighted by molar-refractivity contribution is -0.144. The minimum Gasteiger partial charge on any atom is -0.481 e. The molecule has 7 heteroatoms. The number of aromatic nitrogens is 1. The maximum Gasteiger partial charge on any atom is 0.308 e. The molecule has 1 unspecified atom stereocenters. The van der Waals surface area contributed by atoms with Gasteiger partial charge >= 0.3 is 5.97 Å². The molecule has 0 saturated carbocycles.